The van der Waals surface area contributed by atoms with Gasteiger partial charge in [0.15, 0.2) is 5.69 Å². The lowest BCUT2D eigenvalue weighted by molar-refractivity contribution is 0.0690. The third-order valence-corrected chi connectivity index (χ3v) is 2.16. The zero-order valence-corrected chi connectivity index (χ0v) is 9.29. The number of terminal acetylenes is 1. The summed E-state index contributed by atoms with van der Waals surface area (Å²) < 4.78 is 0. The Morgan fingerprint density at radius 1 is 1.39 bits per heavy atom. The van der Waals surface area contributed by atoms with Crippen LogP contribution in [0.15, 0.2) is 36.7 Å². The minimum absolute atomic E-state index is 0.117. The quantitative estimate of drug-likeness (QED) is 0.800. The summed E-state index contributed by atoms with van der Waals surface area (Å²) in [6.07, 6.45) is 7.92. The molecule has 0 aliphatic rings. The second-order valence-electron chi connectivity index (χ2n) is 3.44. The maximum atomic E-state index is 10.7. The number of aromatic nitrogens is 2. The van der Waals surface area contributed by atoms with Crippen LogP contribution in [-0.2, 0) is 0 Å². The molecule has 0 amide bonds. The third kappa shape index (κ3) is 2.62. The van der Waals surface area contributed by atoms with Crippen molar-refractivity contribution in [3.05, 3.63) is 47.9 Å². The van der Waals surface area contributed by atoms with Crippen molar-refractivity contribution in [2.24, 2.45) is 0 Å². The fourth-order valence-corrected chi connectivity index (χ4v) is 1.36. The SMILES string of the molecule is C#Cc1cccc(Nc2cncc(C(=O)O)n2)c1. The number of carboxylic acid groups (broad SMARTS) is 1. The van der Waals surface area contributed by atoms with Crippen LogP contribution < -0.4 is 5.32 Å². The Labute approximate surface area is 104 Å². The summed E-state index contributed by atoms with van der Waals surface area (Å²) in [6.45, 7) is 0. The summed E-state index contributed by atoms with van der Waals surface area (Å²) in [7, 11) is 0. The maximum Gasteiger partial charge on any atom is 0.356 e. The summed E-state index contributed by atoms with van der Waals surface area (Å²) in [5.41, 5.74) is 1.33. The summed E-state index contributed by atoms with van der Waals surface area (Å²) >= 11 is 0. The molecular weight excluding hydrogens is 230 g/mol. The minimum atomic E-state index is -1.12. The lowest BCUT2D eigenvalue weighted by atomic mass is 10.2. The number of nitrogens with one attached hydrogen (secondary N) is 1. The zero-order chi connectivity index (χ0) is 13.0. The molecule has 2 rings (SSSR count). The highest BCUT2D eigenvalue weighted by atomic mass is 16.4. The first-order valence-electron chi connectivity index (χ1n) is 5.08. The number of rotatable bonds is 3. The molecule has 0 spiro atoms. The van der Waals surface area contributed by atoms with E-state index in [9.17, 15) is 4.79 Å². The Bertz CT molecular complexity index is 632. The van der Waals surface area contributed by atoms with Crippen LogP contribution in [-0.4, -0.2) is 21.0 Å². The van der Waals surface area contributed by atoms with E-state index in [1.807, 2.05) is 0 Å². The second kappa shape index (κ2) is 4.97. The van der Waals surface area contributed by atoms with Crippen LogP contribution in [0.5, 0.6) is 0 Å². The lowest BCUT2D eigenvalue weighted by Crippen LogP contribution is -2.04. The topological polar surface area (TPSA) is 75.1 Å². The van der Waals surface area contributed by atoms with E-state index >= 15 is 0 Å². The predicted octanol–water partition coefficient (Wildman–Crippen LogP) is 1.90. The molecule has 0 aliphatic carbocycles. The Morgan fingerprint density at radius 2 is 2.22 bits per heavy atom. The summed E-state index contributed by atoms with van der Waals surface area (Å²) in [5, 5.41) is 11.7. The van der Waals surface area contributed by atoms with Gasteiger partial charge in [-0.3, -0.25) is 4.98 Å². The molecule has 0 unspecified atom stereocenters. The van der Waals surface area contributed by atoms with E-state index in [0.717, 1.165) is 11.3 Å². The molecule has 0 bridgehead atoms. The summed E-state index contributed by atoms with van der Waals surface area (Å²) in [5.74, 6) is 1.74. The number of hydrogen-bond donors (Lipinski definition) is 2. The Hall–Kier alpha value is -2.87. The van der Waals surface area contributed by atoms with Gasteiger partial charge in [0.1, 0.15) is 5.82 Å². The molecule has 1 aromatic heterocycles. The number of aromatic carboxylic acids is 1. The van der Waals surface area contributed by atoms with Gasteiger partial charge in [0.05, 0.1) is 12.4 Å². The molecule has 1 aromatic carbocycles. The van der Waals surface area contributed by atoms with Gasteiger partial charge >= 0.3 is 5.97 Å². The first kappa shape index (κ1) is 11.6. The summed E-state index contributed by atoms with van der Waals surface area (Å²) in [6, 6.07) is 7.15. The Morgan fingerprint density at radius 3 is 2.94 bits per heavy atom. The highest BCUT2D eigenvalue weighted by molar-refractivity contribution is 5.85. The normalized spacial score (nSPS) is 9.50. The van der Waals surface area contributed by atoms with Crippen LogP contribution in [0.1, 0.15) is 16.1 Å². The van der Waals surface area contributed by atoms with Crippen molar-refractivity contribution in [1.82, 2.24) is 9.97 Å². The number of anilines is 2. The molecule has 88 valence electrons. The molecule has 0 saturated carbocycles. The van der Waals surface area contributed by atoms with Crippen molar-refractivity contribution < 1.29 is 9.90 Å². The van der Waals surface area contributed by atoms with Crippen LogP contribution in [0.2, 0.25) is 0 Å². The first-order chi connectivity index (χ1) is 8.69. The fraction of sp³-hybridized carbons (Fsp3) is 0. The number of carboxylic acids is 1. The molecule has 0 fully saturated rings. The fourth-order valence-electron chi connectivity index (χ4n) is 1.36. The van der Waals surface area contributed by atoms with E-state index in [4.69, 9.17) is 11.5 Å². The van der Waals surface area contributed by atoms with E-state index in [2.05, 4.69) is 21.2 Å². The highest BCUT2D eigenvalue weighted by Crippen LogP contribution is 2.15. The maximum absolute atomic E-state index is 10.7. The van der Waals surface area contributed by atoms with Gasteiger partial charge in [-0.25, -0.2) is 9.78 Å². The van der Waals surface area contributed by atoms with E-state index in [0.29, 0.717) is 5.82 Å². The van der Waals surface area contributed by atoms with Gasteiger partial charge in [-0.2, -0.15) is 0 Å². The molecule has 18 heavy (non-hydrogen) atoms. The average Bonchev–Trinajstić information content (AvgIpc) is 2.39. The largest absolute Gasteiger partial charge is 0.476 e. The Kier molecular flexibility index (Phi) is 3.21. The van der Waals surface area contributed by atoms with Crippen LogP contribution in [0.4, 0.5) is 11.5 Å². The van der Waals surface area contributed by atoms with Crippen molar-refractivity contribution in [3.63, 3.8) is 0 Å². The molecule has 2 N–H and O–H groups in total. The monoisotopic (exact) mass is 239 g/mol. The van der Waals surface area contributed by atoms with Gasteiger partial charge in [0, 0.05) is 11.3 Å². The smallest absolute Gasteiger partial charge is 0.356 e. The number of nitrogens with zero attached hydrogens (tertiary/aromatic N) is 2. The van der Waals surface area contributed by atoms with E-state index < -0.39 is 5.97 Å². The molecule has 5 nitrogen and oxygen atoms in total. The molecule has 0 atom stereocenters. The second-order valence-corrected chi connectivity index (χ2v) is 3.44. The third-order valence-electron chi connectivity index (χ3n) is 2.16. The standard InChI is InChI=1S/C13H9N3O2/c1-2-9-4-3-5-10(6-9)15-12-8-14-7-11(16-12)13(17)18/h1,3-8H,(H,15,16)(H,17,18). The van der Waals surface area contributed by atoms with Gasteiger partial charge in [-0.1, -0.05) is 12.0 Å². The highest BCUT2D eigenvalue weighted by Gasteiger charge is 2.06. The van der Waals surface area contributed by atoms with Crippen molar-refractivity contribution in [2.75, 3.05) is 5.32 Å². The zero-order valence-electron chi connectivity index (χ0n) is 9.29. The van der Waals surface area contributed by atoms with Crippen molar-refractivity contribution in [3.8, 4) is 12.3 Å². The van der Waals surface area contributed by atoms with Crippen LogP contribution in [0.25, 0.3) is 0 Å². The molecule has 2 aromatic rings. The van der Waals surface area contributed by atoms with Crippen molar-refractivity contribution in [1.29, 1.82) is 0 Å². The van der Waals surface area contributed by atoms with Crippen molar-refractivity contribution in [2.45, 2.75) is 0 Å². The van der Waals surface area contributed by atoms with Gasteiger partial charge in [0.2, 0.25) is 0 Å². The van der Waals surface area contributed by atoms with E-state index in [1.54, 1.807) is 24.3 Å². The number of hydrogen-bond acceptors (Lipinski definition) is 4. The van der Waals surface area contributed by atoms with Crippen molar-refractivity contribution >= 4 is 17.5 Å². The van der Waals surface area contributed by atoms with E-state index in [1.165, 1.54) is 12.4 Å². The van der Waals surface area contributed by atoms with Crippen LogP contribution in [0, 0.1) is 12.3 Å². The van der Waals surface area contributed by atoms with Crippen LogP contribution in [0.3, 0.4) is 0 Å². The van der Waals surface area contributed by atoms with Gasteiger partial charge < -0.3 is 10.4 Å². The molecule has 0 aliphatic heterocycles. The molecule has 0 radical (unpaired) electrons. The van der Waals surface area contributed by atoms with Gasteiger partial charge in [0.25, 0.3) is 0 Å². The molecule has 0 saturated heterocycles. The van der Waals surface area contributed by atoms with Gasteiger partial charge in [-0.05, 0) is 18.2 Å². The van der Waals surface area contributed by atoms with E-state index in [-0.39, 0.29) is 5.69 Å². The first-order valence-corrected chi connectivity index (χ1v) is 5.08. The molecule has 5 heteroatoms. The Balaban J connectivity index is 2.26. The number of carbonyl (C=O) groups is 1. The molecule has 1 heterocycles. The lowest BCUT2D eigenvalue weighted by Gasteiger charge is -2.05. The van der Waals surface area contributed by atoms with Crippen LogP contribution >= 0.6 is 0 Å². The minimum Gasteiger partial charge on any atom is -0.476 e. The molecular formula is C13H9N3O2. The predicted molar refractivity (Wildman–Crippen MR) is 66.7 cm³/mol. The number of benzene rings is 1. The van der Waals surface area contributed by atoms with Gasteiger partial charge in [-0.15, -0.1) is 6.42 Å². The average molecular weight is 239 g/mol. The summed E-state index contributed by atoms with van der Waals surface area (Å²) in [4.78, 5) is 18.4.